The van der Waals surface area contributed by atoms with Crippen molar-refractivity contribution in [3.63, 3.8) is 0 Å². The van der Waals surface area contributed by atoms with Crippen molar-refractivity contribution in [2.75, 3.05) is 19.5 Å². The number of hydrogen-bond acceptors (Lipinski definition) is 5. The third kappa shape index (κ3) is 2.42. The van der Waals surface area contributed by atoms with Gasteiger partial charge >= 0.3 is 0 Å². The lowest BCUT2D eigenvalue weighted by Crippen LogP contribution is -2.26. The second kappa shape index (κ2) is 4.11. The van der Waals surface area contributed by atoms with Gasteiger partial charge in [-0.05, 0) is 30.9 Å². The van der Waals surface area contributed by atoms with Crippen LogP contribution in [0.25, 0.3) is 0 Å². The number of fused-ring (bicyclic) bond motifs is 1. The maximum atomic E-state index is 12.1. The van der Waals surface area contributed by atoms with Gasteiger partial charge in [0, 0.05) is 11.8 Å². The number of nitrogens with two attached hydrogens (primary N) is 1. The number of rotatable bonds is 3. The minimum absolute atomic E-state index is 0.237. The average Bonchev–Trinajstić information content (AvgIpc) is 3.05. The lowest BCUT2D eigenvalue weighted by molar-refractivity contribution is 0.166. The summed E-state index contributed by atoms with van der Waals surface area (Å²) in [5, 5.41) is 0. The van der Waals surface area contributed by atoms with Crippen molar-refractivity contribution >= 4 is 9.84 Å². The van der Waals surface area contributed by atoms with Gasteiger partial charge in [0.2, 0.25) is 0 Å². The molecule has 0 aromatic heterocycles. The van der Waals surface area contributed by atoms with Crippen LogP contribution in [-0.2, 0) is 16.3 Å². The van der Waals surface area contributed by atoms with Crippen LogP contribution in [0, 0.1) is 0 Å². The molecule has 2 aliphatic rings. The molecule has 1 aliphatic heterocycles. The Hall–Kier alpha value is -1.27. The molecule has 19 heavy (non-hydrogen) atoms. The van der Waals surface area contributed by atoms with Crippen LogP contribution in [0.2, 0.25) is 0 Å². The van der Waals surface area contributed by atoms with Gasteiger partial charge in [-0.1, -0.05) is 6.07 Å². The Morgan fingerprint density at radius 3 is 2.58 bits per heavy atom. The molecular weight excluding hydrogens is 266 g/mol. The van der Waals surface area contributed by atoms with Gasteiger partial charge in [0.1, 0.15) is 18.1 Å². The molecule has 1 aliphatic carbocycles. The van der Waals surface area contributed by atoms with Gasteiger partial charge in [-0.15, -0.1) is 0 Å². The summed E-state index contributed by atoms with van der Waals surface area (Å²) in [5.74, 6) is 0.841. The van der Waals surface area contributed by atoms with Crippen LogP contribution in [0.5, 0.6) is 11.5 Å². The van der Waals surface area contributed by atoms with Crippen LogP contribution in [0.4, 0.5) is 0 Å². The molecule has 0 bridgehead atoms. The summed E-state index contributed by atoms with van der Waals surface area (Å²) in [7, 11) is -3.38. The van der Waals surface area contributed by atoms with E-state index < -0.39 is 9.84 Å². The lowest BCUT2D eigenvalue weighted by Gasteiger charge is -2.23. The Balaban J connectivity index is 2.13. The molecule has 0 radical (unpaired) electrons. The van der Waals surface area contributed by atoms with E-state index in [2.05, 4.69) is 0 Å². The fourth-order valence-corrected chi connectivity index (χ4v) is 3.51. The number of benzene rings is 1. The minimum Gasteiger partial charge on any atom is -0.486 e. The van der Waals surface area contributed by atoms with E-state index in [9.17, 15) is 8.42 Å². The third-order valence-electron chi connectivity index (χ3n) is 3.55. The molecule has 0 saturated heterocycles. The van der Waals surface area contributed by atoms with Gasteiger partial charge < -0.3 is 15.2 Å². The van der Waals surface area contributed by atoms with Crippen LogP contribution in [0.1, 0.15) is 18.4 Å². The van der Waals surface area contributed by atoms with E-state index in [4.69, 9.17) is 15.2 Å². The summed E-state index contributed by atoms with van der Waals surface area (Å²) in [6.07, 6.45) is 3.63. The monoisotopic (exact) mass is 283 g/mol. The van der Waals surface area contributed by atoms with Crippen LogP contribution >= 0.6 is 0 Å². The maximum absolute atomic E-state index is 12.1. The molecule has 1 aromatic carbocycles. The van der Waals surface area contributed by atoms with Crippen LogP contribution in [0.15, 0.2) is 17.0 Å². The molecule has 0 spiro atoms. The van der Waals surface area contributed by atoms with Crippen molar-refractivity contribution in [1.82, 2.24) is 0 Å². The van der Waals surface area contributed by atoms with Crippen LogP contribution in [-0.4, -0.2) is 33.4 Å². The molecule has 104 valence electrons. The van der Waals surface area contributed by atoms with E-state index in [1.165, 1.54) is 6.26 Å². The standard InChI is InChI=1S/C13H17NO4S/c1-19(15,16)12-9(8-13(14)4-5-13)2-3-10-11(12)18-7-6-17-10/h2-3H,4-8,14H2,1H3. The van der Waals surface area contributed by atoms with E-state index in [-0.39, 0.29) is 10.4 Å². The van der Waals surface area contributed by atoms with Gasteiger partial charge in [0.05, 0.1) is 0 Å². The molecule has 2 N–H and O–H groups in total. The number of sulfone groups is 1. The van der Waals surface area contributed by atoms with Gasteiger partial charge in [0.15, 0.2) is 21.3 Å². The summed E-state index contributed by atoms with van der Waals surface area (Å²) in [4.78, 5) is 0.237. The zero-order valence-electron chi connectivity index (χ0n) is 10.8. The van der Waals surface area contributed by atoms with Crippen molar-refractivity contribution in [2.45, 2.75) is 29.7 Å². The first-order valence-electron chi connectivity index (χ1n) is 6.29. The Bertz CT molecular complexity index is 620. The predicted molar refractivity (Wildman–Crippen MR) is 70.4 cm³/mol. The second-order valence-corrected chi connectivity index (χ2v) is 7.34. The molecule has 1 heterocycles. The first kappa shape index (κ1) is 12.7. The van der Waals surface area contributed by atoms with Crippen molar-refractivity contribution in [3.8, 4) is 11.5 Å². The Labute approximate surface area is 112 Å². The Morgan fingerprint density at radius 1 is 1.26 bits per heavy atom. The summed E-state index contributed by atoms with van der Waals surface area (Å²) < 4.78 is 35.1. The topological polar surface area (TPSA) is 78.6 Å². The summed E-state index contributed by atoms with van der Waals surface area (Å²) in [5.41, 5.74) is 6.58. The predicted octanol–water partition coefficient (Wildman–Crippen LogP) is 0.895. The summed E-state index contributed by atoms with van der Waals surface area (Å²) >= 11 is 0. The highest BCUT2D eigenvalue weighted by Gasteiger charge is 2.40. The van der Waals surface area contributed by atoms with Crippen molar-refractivity contribution < 1.29 is 17.9 Å². The normalized spacial score (nSPS) is 20.1. The zero-order valence-corrected chi connectivity index (χ0v) is 11.6. The summed E-state index contributed by atoms with van der Waals surface area (Å²) in [6.45, 7) is 0.809. The number of hydrogen-bond donors (Lipinski definition) is 1. The number of ether oxygens (including phenoxy) is 2. The van der Waals surface area contributed by atoms with Gasteiger partial charge in [-0.2, -0.15) is 0 Å². The second-order valence-electron chi connectivity index (χ2n) is 5.39. The molecule has 0 unspecified atom stereocenters. The van der Waals surface area contributed by atoms with E-state index >= 15 is 0 Å². The van der Waals surface area contributed by atoms with Crippen molar-refractivity contribution in [1.29, 1.82) is 0 Å². The molecule has 1 fully saturated rings. The molecule has 5 nitrogen and oxygen atoms in total. The lowest BCUT2D eigenvalue weighted by atomic mass is 10.0. The van der Waals surface area contributed by atoms with E-state index in [0.29, 0.717) is 31.1 Å². The first-order valence-corrected chi connectivity index (χ1v) is 8.19. The van der Waals surface area contributed by atoms with Gasteiger partial charge in [0.25, 0.3) is 0 Å². The van der Waals surface area contributed by atoms with Crippen LogP contribution in [0.3, 0.4) is 0 Å². The smallest absolute Gasteiger partial charge is 0.180 e. The van der Waals surface area contributed by atoms with Gasteiger partial charge in [-0.25, -0.2) is 8.42 Å². The van der Waals surface area contributed by atoms with E-state index in [0.717, 1.165) is 18.4 Å². The third-order valence-corrected chi connectivity index (χ3v) is 4.74. The fraction of sp³-hybridized carbons (Fsp3) is 0.538. The Kier molecular flexibility index (Phi) is 2.76. The fourth-order valence-electron chi connectivity index (χ4n) is 2.39. The van der Waals surface area contributed by atoms with Crippen molar-refractivity contribution in [3.05, 3.63) is 17.7 Å². The van der Waals surface area contributed by atoms with Crippen molar-refractivity contribution in [2.24, 2.45) is 5.73 Å². The van der Waals surface area contributed by atoms with E-state index in [1.807, 2.05) is 0 Å². The molecule has 0 atom stereocenters. The minimum atomic E-state index is -3.38. The highest BCUT2D eigenvalue weighted by Crippen LogP contribution is 2.43. The maximum Gasteiger partial charge on any atom is 0.180 e. The average molecular weight is 283 g/mol. The SMILES string of the molecule is CS(=O)(=O)c1c(CC2(N)CC2)ccc2c1OCCO2. The first-order chi connectivity index (χ1) is 8.89. The molecule has 0 amide bonds. The molecule has 3 rings (SSSR count). The van der Waals surface area contributed by atoms with Gasteiger partial charge in [-0.3, -0.25) is 0 Å². The highest BCUT2D eigenvalue weighted by molar-refractivity contribution is 7.90. The Morgan fingerprint density at radius 2 is 1.95 bits per heavy atom. The summed E-state index contributed by atoms with van der Waals surface area (Å²) in [6, 6.07) is 3.56. The highest BCUT2D eigenvalue weighted by atomic mass is 32.2. The molecule has 1 saturated carbocycles. The molecular formula is C13H17NO4S. The zero-order chi connectivity index (χ0) is 13.7. The quantitative estimate of drug-likeness (QED) is 0.891. The molecule has 6 heteroatoms. The van der Waals surface area contributed by atoms with Crippen LogP contribution < -0.4 is 15.2 Å². The molecule has 1 aromatic rings. The largest absolute Gasteiger partial charge is 0.486 e. The van der Waals surface area contributed by atoms with E-state index in [1.54, 1.807) is 12.1 Å².